The zero-order valence-electron chi connectivity index (χ0n) is 25.4. The summed E-state index contributed by atoms with van der Waals surface area (Å²) < 4.78 is 5.89. The number of esters is 1. The molecule has 37 heavy (non-hydrogen) atoms. The van der Waals surface area contributed by atoms with E-state index in [0.29, 0.717) is 16.7 Å². The molecule has 210 valence electrons. The first-order valence-corrected chi connectivity index (χ1v) is 16.1. The van der Waals surface area contributed by atoms with Crippen molar-refractivity contribution in [2.45, 2.75) is 138 Å². The van der Waals surface area contributed by atoms with Gasteiger partial charge in [-0.3, -0.25) is 4.79 Å². The van der Waals surface area contributed by atoms with Gasteiger partial charge in [0.25, 0.3) is 0 Å². The molecule has 0 spiro atoms. The van der Waals surface area contributed by atoms with Gasteiger partial charge in [0.1, 0.15) is 6.10 Å². The molecule has 0 bridgehead atoms. The van der Waals surface area contributed by atoms with E-state index in [1.54, 1.807) is 6.92 Å². The molecule has 0 radical (unpaired) electrons. The molecular weight excluding hydrogens is 454 g/mol. The number of piperidine rings is 1. The Hall–Kier alpha value is -0.830. The van der Waals surface area contributed by atoms with Gasteiger partial charge in [0.2, 0.25) is 0 Å². The molecule has 3 fully saturated rings. The van der Waals surface area contributed by atoms with Crippen LogP contribution in [0.15, 0.2) is 11.1 Å². The summed E-state index contributed by atoms with van der Waals surface area (Å²) in [6.45, 7) is 20.9. The lowest BCUT2D eigenvalue weighted by atomic mass is 9.43. The summed E-state index contributed by atoms with van der Waals surface area (Å²) in [6, 6.07) is 0. The third-order valence-corrected chi connectivity index (χ3v) is 13.3. The quantitative estimate of drug-likeness (QED) is 0.264. The first-order chi connectivity index (χ1) is 17.4. The number of rotatable bonds is 6. The molecular formula is C34H57NO2. The SMILES string of the molecule is CC(=O)O[C@H]1CC[C@]2(C)C3=C(CC[C@H]2C1(C)C)[C@]1(C)CC[C@H]([C@H](C)CCCN2CCCCC2)[C@@]1(C)CC3. The number of nitrogens with zero attached hydrogens (tertiary/aromatic N) is 1. The fourth-order valence-electron chi connectivity index (χ4n) is 11.0. The maximum atomic E-state index is 11.9. The number of ether oxygens (including phenoxy) is 1. The van der Waals surface area contributed by atoms with Crippen LogP contribution in [0.2, 0.25) is 0 Å². The highest BCUT2D eigenvalue weighted by atomic mass is 16.5. The van der Waals surface area contributed by atoms with Crippen molar-refractivity contribution in [3.05, 3.63) is 11.1 Å². The molecule has 1 heterocycles. The van der Waals surface area contributed by atoms with E-state index in [9.17, 15) is 4.79 Å². The summed E-state index contributed by atoms with van der Waals surface area (Å²) in [5.41, 5.74) is 4.86. The van der Waals surface area contributed by atoms with Crippen LogP contribution in [-0.4, -0.2) is 36.6 Å². The van der Waals surface area contributed by atoms with Crippen molar-refractivity contribution in [1.82, 2.24) is 4.90 Å². The monoisotopic (exact) mass is 511 g/mol. The molecule has 0 aromatic heterocycles. The number of likely N-dealkylation sites (tertiary alicyclic amines) is 1. The van der Waals surface area contributed by atoms with Crippen LogP contribution in [0.3, 0.4) is 0 Å². The molecule has 4 aliphatic carbocycles. The van der Waals surface area contributed by atoms with Crippen LogP contribution in [0.4, 0.5) is 0 Å². The molecule has 2 saturated carbocycles. The Kier molecular flexibility index (Phi) is 7.47. The van der Waals surface area contributed by atoms with Crippen LogP contribution in [0.1, 0.15) is 132 Å². The Morgan fingerprint density at radius 3 is 2.38 bits per heavy atom. The van der Waals surface area contributed by atoms with Crippen molar-refractivity contribution in [2.24, 2.45) is 39.4 Å². The second-order valence-electron chi connectivity index (χ2n) is 15.3. The van der Waals surface area contributed by atoms with Crippen molar-refractivity contribution in [3.8, 4) is 0 Å². The lowest BCUT2D eigenvalue weighted by Crippen LogP contribution is -2.55. The van der Waals surface area contributed by atoms with Gasteiger partial charge in [0, 0.05) is 12.3 Å². The number of hydrogen-bond acceptors (Lipinski definition) is 3. The van der Waals surface area contributed by atoms with Gasteiger partial charge < -0.3 is 9.64 Å². The van der Waals surface area contributed by atoms with Crippen LogP contribution in [0.5, 0.6) is 0 Å². The molecule has 0 aromatic carbocycles. The van der Waals surface area contributed by atoms with E-state index in [1.165, 1.54) is 96.7 Å². The second-order valence-corrected chi connectivity index (χ2v) is 15.3. The standard InChI is InChI=1S/C34H57NO2/c1-24(12-11-23-35-21-9-8-10-22-35)26-15-19-34(7)28-13-14-29-31(3,4)30(37-25(2)36)17-18-32(29,5)27(28)16-20-33(26,34)6/h24,26,29-30H,8-23H2,1-7H3/t24-,26-,29+,30+,32-,33-,34+/m1/s1. The topological polar surface area (TPSA) is 29.5 Å². The first kappa shape index (κ1) is 27.7. The third-order valence-electron chi connectivity index (χ3n) is 13.3. The Morgan fingerprint density at radius 2 is 1.68 bits per heavy atom. The normalized spacial score (nSPS) is 42.5. The molecule has 0 N–H and O–H groups in total. The highest BCUT2D eigenvalue weighted by molar-refractivity contribution is 5.66. The number of allylic oxidation sites excluding steroid dienone is 2. The second kappa shape index (κ2) is 9.97. The molecule has 0 amide bonds. The Balaban J connectivity index is 1.33. The predicted octanol–water partition coefficient (Wildman–Crippen LogP) is 8.57. The molecule has 5 rings (SSSR count). The fourth-order valence-corrected chi connectivity index (χ4v) is 11.0. The molecule has 5 aliphatic rings. The van der Waals surface area contributed by atoms with Crippen molar-refractivity contribution in [2.75, 3.05) is 19.6 Å². The zero-order valence-corrected chi connectivity index (χ0v) is 25.4. The molecule has 1 aliphatic heterocycles. The van der Waals surface area contributed by atoms with E-state index >= 15 is 0 Å². The number of fused-ring (bicyclic) bond motifs is 4. The predicted molar refractivity (Wildman–Crippen MR) is 153 cm³/mol. The summed E-state index contributed by atoms with van der Waals surface area (Å²) in [4.78, 5) is 14.6. The number of carbonyl (C=O) groups excluding carboxylic acids is 1. The minimum atomic E-state index is -0.111. The molecule has 7 atom stereocenters. The summed E-state index contributed by atoms with van der Waals surface area (Å²) in [5, 5.41) is 0. The van der Waals surface area contributed by atoms with Gasteiger partial charge in [-0.2, -0.15) is 0 Å². The molecule has 0 unspecified atom stereocenters. The highest BCUT2D eigenvalue weighted by Gasteiger charge is 2.63. The van der Waals surface area contributed by atoms with E-state index in [1.807, 2.05) is 11.1 Å². The maximum Gasteiger partial charge on any atom is 0.302 e. The van der Waals surface area contributed by atoms with Gasteiger partial charge in [-0.15, -0.1) is 0 Å². The van der Waals surface area contributed by atoms with Gasteiger partial charge in [-0.1, -0.05) is 59.1 Å². The summed E-state index contributed by atoms with van der Waals surface area (Å²) >= 11 is 0. The lowest BCUT2D eigenvalue weighted by Gasteiger charge is -2.62. The van der Waals surface area contributed by atoms with E-state index in [2.05, 4.69) is 46.4 Å². The van der Waals surface area contributed by atoms with E-state index in [4.69, 9.17) is 4.74 Å². The smallest absolute Gasteiger partial charge is 0.302 e. The van der Waals surface area contributed by atoms with E-state index in [-0.39, 0.29) is 22.9 Å². The Morgan fingerprint density at radius 1 is 0.946 bits per heavy atom. The Bertz CT molecular complexity index is 899. The van der Waals surface area contributed by atoms with Crippen molar-refractivity contribution in [3.63, 3.8) is 0 Å². The minimum Gasteiger partial charge on any atom is -0.462 e. The lowest BCUT2D eigenvalue weighted by molar-refractivity contribution is -0.167. The minimum absolute atomic E-state index is 0.0416. The molecule has 3 nitrogen and oxygen atoms in total. The van der Waals surface area contributed by atoms with Crippen LogP contribution in [-0.2, 0) is 9.53 Å². The van der Waals surface area contributed by atoms with Gasteiger partial charge in [-0.25, -0.2) is 0 Å². The van der Waals surface area contributed by atoms with Crippen molar-refractivity contribution < 1.29 is 9.53 Å². The Labute approximate surface area is 228 Å². The maximum absolute atomic E-state index is 11.9. The number of hydrogen-bond donors (Lipinski definition) is 0. The van der Waals surface area contributed by atoms with Gasteiger partial charge in [0.05, 0.1) is 0 Å². The summed E-state index contributed by atoms with van der Waals surface area (Å²) in [7, 11) is 0. The van der Waals surface area contributed by atoms with Gasteiger partial charge >= 0.3 is 5.97 Å². The first-order valence-electron chi connectivity index (χ1n) is 16.1. The van der Waals surface area contributed by atoms with Crippen molar-refractivity contribution >= 4 is 5.97 Å². The summed E-state index contributed by atoms with van der Waals surface area (Å²) in [6.07, 6.45) is 17.3. The average Bonchev–Trinajstić information content (AvgIpc) is 3.13. The molecule has 0 aromatic rings. The van der Waals surface area contributed by atoms with Crippen LogP contribution in [0.25, 0.3) is 0 Å². The number of carbonyl (C=O) groups is 1. The summed E-state index contributed by atoms with van der Waals surface area (Å²) in [5.74, 6) is 2.20. The highest BCUT2D eigenvalue weighted by Crippen LogP contribution is 2.72. The van der Waals surface area contributed by atoms with Gasteiger partial charge in [-0.05, 0) is 131 Å². The average molecular weight is 512 g/mol. The van der Waals surface area contributed by atoms with Crippen LogP contribution < -0.4 is 0 Å². The molecule has 1 saturated heterocycles. The van der Waals surface area contributed by atoms with Crippen LogP contribution in [0, 0.1) is 39.4 Å². The van der Waals surface area contributed by atoms with Gasteiger partial charge in [0.15, 0.2) is 0 Å². The molecule has 3 heteroatoms. The largest absolute Gasteiger partial charge is 0.462 e. The van der Waals surface area contributed by atoms with Crippen LogP contribution >= 0.6 is 0 Å². The van der Waals surface area contributed by atoms with E-state index < -0.39 is 0 Å². The van der Waals surface area contributed by atoms with Crippen molar-refractivity contribution in [1.29, 1.82) is 0 Å². The third kappa shape index (κ3) is 4.46. The zero-order chi connectivity index (χ0) is 26.6. The fraction of sp³-hybridized carbons (Fsp3) is 0.912. The van der Waals surface area contributed by atoms with E-state index in [0.717, 1.165) is 18.3 Å².